The summed E-state index contributed by atoms with van der Waals surface area (Å²) in [6, 6.07) is 28.0. The fourth-order valence-electron chi connectivity index (χ4n) is 3.44. The predicted molar refractivity (Wildman–Crippen MR) is 135 cm³/mol. The predicted octanol–water partition coefficient (Wildman–Crippen LogP) is 4.88. The molecule has 34 heavy (non-hydrogen) atoms. The molecule has 0 fully saturated rings. The Kier molecular flexibility index (Phi) is 7.35. The lowest BCUT2D eigenvalue weighted by atomic mass is 10.1. The summed E-state index contributed by atoms with van der Waals surface area (Å²) in [4.78, 5) is 12.8. The number of hydrogen-bond donors (Lipinski definition) is 1. The van der Waals surface area contributed by atoms with Crippen LogP contribution in [0.2, 0.25) is 5.02 Å². The first-order chi connectivity index (χ1) is 16.4. The van der Waals surface area contributed by atoms with Gasteiger partial charge in [-0.1, -0.05) is 60.1 Å². The normalized spacial score (nSPS) is 11.2. The number of nitrogens with one attached hydrogen (secondary N) is 1. The maximum atomic E-state index is 13.3. The molecule has 4 aromatic carbocycles. The van der Waals surface area contributed by atoms with Crippen molar-refractivity contribution < 1.29 is 17.9 Å². The molecule has 0 unspecified atom stereocenters. The van der Waals surface area contributed by atoms with E-state index in [1.165, 1.54) is 12.1 Å². The fourth-order valence-corrected chi connectivity index (χ4v) is 5.01. The van der Waals surface area contributed by atoms with Gasteiger partial charge in [-0.25, -0.2) is 8.42 Å². The summed E-state index contributed by atoms with van der Waals surface area (Å²) in [5.41, 5.74) is 0.343. The summed E-state index contributed by atoms with van der Waals surface area (Å²) >= 11 is 5.96. The van der Waals surface area contributed by atoms with Gasteiger partial charge in [0.2, 0.25) is 5.91 Å². The molecule has 0 saturated heterocycles. The molecule has 0 aliphatic heterocycles. The van der Waals surface area contributed by atoms with E-state index in [1.54, 1.807) is 42.5 Å². The summed E-state index contributed by atoms with van der Waals surface area (Å²) in [7, 11) is -3.96. The molecule has 174 valence electrons. The van der Waals surface area contributed by atoms with Crippen molar-refractivity contribution in [3.63, 3.8) is 0 Å². The number of amides is 1. The van der Waals surface area contributed by atoms with Gasteiger partial charge in [0.05, 0.1) is 17.1 Å². The van der Waals surface area contributed by atoms with Crippen LogP contribution in [-0.2, 0) is 14.8 Å². The van der Waals surface area contributed by atoms with Gasteiger partial charge < -0.3 is 10.1 Å². The number of ether oxygens (including phenoxy) is 1. The average molecular weight is 495 g/mol. The fraction of sp³-hybridized carbons (Fsp3) is 0.115. The maximum absolute atomic E-state index is 13.3. The molecule has 0 aliphatic rings. The molecule has 0 radical (unpaired) electrons. The van der Waals surface area contributed by atoms with Gasteiger partial charge in [-0.15, -0.1) is 0 Å². The highest BCUT2D eigenvalue weighted by Crippen LogP contribution is 2.25. The molecule has 0 aliphatic carbocycles. The number of rotatable bonds is 9. The zero-order valence-corrected chi connectivity index (χ0v) is 19.8. The van der Waals surface area contributed by atoms with E-state index in [-0.39, 0.29) is 24.6 Å². The van der Waals surface area contributed by atoms with Gasteiger partial charge in [-0.2, -0.15) is 0 Å². The topological polar surface area (TPSA) is 75.7 Å². The highest BCUT2D eigenvalue weighted by atomic mass is 35.5. The average Bonchev–Trinajstić information content (AvgIpc) is 2.86. The number of benzene rings is 4. The Balaban J connectivity index is 1.40. The van der Waals surface area contributed by atoms with Crippen LogP contribution < -0.4 is 14.4 Å². The van der Waals surface area contributed by atoms with E-state index < -0.39 is 15.9 Å². The van der Waals surface area contributed by atoms with Crippen molar-refractivity contribution in [2.45, 2.75) is 4.90 Å². The van der Waals surface area contributed by atoms with Crippen LogP contribution in [0.3, 0.4) is 0 Å². The Morgan fingerprint density at radius 1 is 0.853 bits per heavy atom. The van der Waals surface area contributed by atoms with E-state index in [9.17, 15) is 13.2 Å². The van der Waals surface area contributed by atoms with Crippen LogP contribution in [-0.4, -0.2) is 34.0 Å². The Morgan fingerprint density at radius 3 is 2.26 bits per heavy atom. The van der Waals surface area contributed by atoms with Crippen molar-refractivity contribution in [1.29, 1.82) is 0 Å². The van der Waals surface area contributed by atoms with E-state index in [1.807, 2.05) is 42.5 Å². The number of hydrogen-bond acceptors (Lipinski definition) is 4. The molecular formula is C26H23ClN2O4S. The van der Waals surface area contributed by atoms with E-state index in [0.29, 0.717) is 16.5 Å². The quantitative estimate of drug-likeness (QED) is 0.336. The van der Waals surface area contributed by atoms with Crippen LogP contribution in [0.25, 0.3) is 10.8 Å². The summed E-state index contributed by atoms with van der Waals surface area (Å²) in [5.74, 6) is 0.249. The highest BCUT2D eigenvalue weighted by molar-refractivity contribution is 7.92. The second kappa shape index (κ2) is 10.6. The first kappa shape index (κ1) is 23.6. The minimum absolute atomic E-state index is 0.0948. The molecule has 0 bridgehead atoms. The Morgan fingerprint density at radius 2 is 1.53 bits per heavy atom. The monoisotopic (exact) mass is 494 g/mol. The van der Waals surface area contributed by atoms with Crippen LogP contribution >= 0.6 is 11.6 Å². The third kappa shape index (κ3) is 5.68. The minimum Gasteiger partial charge on any atom is -0.492 e. The Labute approximate surface area is 203 Å². The zero-order chi connectivity index (χ0) is 24.0. The van der Waals surface area contributed by atoms with Crippen molar-refractivity contribution in [2.75, 3.05) is 24.0 Å². The molecule has 4 aromatic rings. The molecule has 6 nitrogen and oxygen atoms in total. The van der Waals surface area contributed by atoms with Gasteiger partial charge in [0, 0.05) is 5.02 Å². The number of anilines is 1. The summed E-state index contributed by atoms with van der Waals surface area (Å²) in [6.07, 6.45) is 0. The van der Waals surface area contributed by atoms with Crippen LogP contribution in [0.1, 0.15) is 0 Å². The van der Waals surface area contributed by atoms with Crippen molar-refractivity contribution in [3.8, 4) is 5.75 Å². The van der Waals surface area contributed by atoms with Crippen molar-refractivity contribution in [1.82, 2.24) is 5.32 Å². The first-order valence-corrected chi connectivity index (χ1v) is 12.5. The number of halogens is 1. The molecule has 1 N–H and O–H groups in total. The molecule has 0 saturated carbocycles. The standard InChI is InChI=1S/C26H23ClN2O4S/c27-22-11-13-23(14-12-22)29(34(31,32)25-8-2-1-3-9-25)19-26(30)28-16-17-33-24-15-10-20-6-4-5-7-21(20)18-24/h1-15,18H,16-17,19H2,(H,28,30). The highest BCUT2D eigenvalue weighted by Gasteiger charge is 2.27. The Bertz CT molecular complexity index is 1380. The molecule has 0 heterocycles. The van der Waals surface area contributed by atoms with Crippen molar-refractivity contribution >= 4 is 44.0 Å². The van der Waals surface area contributed by atoms with E-state index >= 15 is 0 Å². The van der Waals surface area contributed by atoms with Crippen molar-refractivity contribution in [2.24, 2.45) is 0 Å². The van der Waals surface area contributed by atoms with Gasteiger partial charge in [0.15, 0.2) is 0 Å². The van der Waals surface area contributed by atoms with Gasteiger partial charge in [0.25, 0.3) is 10.0 Å². The van der Waals surface area contributed by atoms with E-state index in [0.717, 1.165) is 15.1 Å². The van der Waals surface area contributed by atoms with Crippen molar-refractivity contribution in [3.05, 3.63) is 102 Å². The van der Waals surface area contributed by atoms with Crippen LogP contribution in [0.5, 0.6) is 5.75 Å². The zero-order valence-electron chi connectivity index (χ0n) is 18.2. The SMILES string of the molecule is O=C(CN(c1ccc(Cl)cc1)S(=O)(=O)c1ccccc1)NCCOc1ccc2ccccc2c1. The van der Waals surface area contributed by atoms with Crippen LogP contribution in [0, 0.1) is 0 Å². The third-order valence-corrected chi connectivity index (χ3v) is 7.19. The number of carbonyl (C=O) groups is 1. The number of carbonyl (C=O) groups excluding carboxylic acids is 1. The number of fused-ring (bicyclic) bond motifs is 1. The Hall–Kier alpha value is -3.55. The summed E-state index contributed by atoms with van der Waals surface area (Å²) in [5, 5.41) is 5.38. The first-order valence-electron chi connectivity index (χ1n) is 10.7. The molecule has 8 heteroatoms. The third-order valence-electron chi connectivity index (χ3n) is 5.15. The number of nitrogens with zero attached hydrogens (tertiary/aromatic N) is 1. The van der Waals surface area contributed by atoms with Gasteiger partial charge in [-0.3, -0.25) is 9.10 Å². The van der Waals surface area contributed by atoms with Gasteiger partial charge in [0.1, 0.15) is 18.9 Å². The second-order valence-electron chi connectivity index (χ2n) is 7.51. The lowest BCUT2D eigenvalue weighted by Crippen LogP contribution is -2.41. The maximum Gasteiger partial charge on any atom is 0.264 e. The minimum atomic E-state index is -3.96. The summed E-state index contributed by atoms with van der Waals surface area (Å²) in [6.45, 7) is 0.0940. The second-order valence-corrected chi connectivity index (χ2v) is 9.81. The molecular weight excluding hydrogens is 472 g/mol. The largest absolute Gasteiger partial charge is 0.492 e. The van der Waals surface area contributed by atoms with Crippen LogP contribution in [0.15, 0.2) is 102 Å². The van der Waals surface area contributed by atoms with Gasteiger partial charge in [-0.05, 0) is 59.3 Å². The lowest BCUT2D eigenvalue weighted by molar-refractivity contribution is -0.119. The van der Waals surface area contributed by atoms with Crippen LogP contribution in [0.4, 0.5) is 5.69 Å². The smallest absolute Gasteiger partial charge is 0.264 e. The molecule has 0 aromatic heterocycles. The molecule has 4 rings (SSSR count). The van der Waals surface area contributed by atoms with E-state index in [2.05, 4.69) is 5.32 Å². The number of sulfonamides is 1. The van der Waals surface area contributed by atoms with E-state index in [4.69, 9.17) is 16.3 Å². The molecule has 0 spiro atoms. The molecule has 1 amide bonds. The molecule has 0 atom stereocenters. The lowest BCUT2D eigenvalue weighted by Gasteiger charge is -2.24. The van der Waals surface area contributed by atoms with Gasteiger partial charge >= 0.3 is 0 Å². The summed E-state index contributed by atoms with van der Waals surface area (Å²) < 4.78 is 33.3.